The minimum absolute atomic E-state index is 0.0360. The summed E-state index contributed by atoms with van der Waals surface area (Å²) in [5.74, 6) is 0.700. The molecule has 0 spiro atoms. The van der Waals surface area contributed by atoms with Crippen molar-refractivity contribution < 1.29 is 13.9 Å². The predicted octanol–water partition coefficient (Wildman–Crippen LogP) is 4.14. The van der Waals surface area contributed by atoms with Crippen molar-refractivity contribution in [1.29, 1.82) is 0 Å². The first kappa shape index (κ1) is 16.8. The van der Waals surface area contributed by atoms with Crippen molar-refractivity contribution >= 4 is 28.9 Å². The third kappa shape index (κ3) is 3.76. The van der Waals surface area contributed by atoms with Crippen LogP contribution in [0.15, 0.2) is 58.5 Å². The SMILES string of the molecule is O=C(C=Cc1csc(-c2ccco2)n1)c1ccc(N2CCOCC2)cc1. The molecule has 4 rings (SSSR count). The first-order chi connectivity index (χ1) is 12.8. The molecule has 1 aromatic carbocycles. The highest BCUT2D eigenvalue weighted by atomic mass is 32.1. The van der Waals surface area contributed by atoms with Crippen molar-refractivity contribution in [3.05, 3.63) is 65.4 Å². The fourth-order valence-electron chi connectivity index (χ4n) is 2.79. The van der Waals surface area contributed by atoms with Crippen molar-refractivity contribution in [1.82, 2.24) is 4.98 Å². The maximum Gasteiger partial charge on any atom is 0.185 e. The van der Waals surface area contributed by atoms with Gasteiger partial charge in [0.05, 0.1) is 25.2 Å². The number of hydrogen-bond donors (Lipinski definition) is 0. The van der Waals surface area contributed by atoms with E-state index in [1.54, 1.807) is 18.4 Å². The lowest BCUT2D eigenvalue weighted by atomic mass is 10.1. The lowest BCUT2D eigenvalue weighted by Gasteiger charge is -2.28. The van der Waals surface area contributed by atoms with E-state index in [2.05, 4.69) is 9.88 Å². The maximum atomic E-state index is 12.4. The molecule has 0 unspecified atom stereocenters. The minimum Gasteiger partial charge on any atom is -0.462 e. The first-order valence-electron chi connectivity index (χ1n) is 8.44. The van der Waals surface area contributed by atoms with Crippen LogP contribution < -0.4 is 4.90 Å². The van der Waals surface area contributed by atoms with E-state index in [1.165, 1.54) is 11.3 Å². The molecule has 0 N–H and O–H groups in total. The van der Waals surface area contributed by atoms with Crippen LogP contribution in [0.4, 0.5) is 5.69 Å². The molecule has 1 fully saturated rings. The summed E-state index contributed by atoms with van der Waals surface area (Å²) in [4.78, 5) is 19.1. The van der Waals surface area contributed by atoms with E-state index in [1.807, 2.05) is 41.8 Å². The second kappa shape index (κ2) is 7.68. The summed E-state index contributed by atoms with van der Waals surface area (Å²) >= 11 is 1.49. The molecule has 3 aromatic rings. The van der Waals surface area contributed by atoms with Gasteiger partial charge in [0.1, 0.15) is 0 Å². The van der Waals surface area contributed by atoms with E-state index >= 15 is 0 Å². The monoisotopic (exact) mass is 366 g/mol. The summed E-state index contributed by atoms with van der Waals surface area (Å²) in [7, 11) is 0. The van der Waals surface area contributed by atoms with Crippen LogP contribution in [0.1, 0.15) is 16.1 Å². The number of ketones is 1. The van der Waals surface area contributed by atoms with E-state index in [-0.39, 0.29) is 5.78 Å². The number of rotatable bonds is 5. The van der Waals surface area contributed by atoms with Crippen molar-refractivity contribution in [2.24, 2.45) is 0 Å². The molecule has 0 atom stereocenters. The van der Waals surface area contributed by atoms with Crippen LogP contribution in [-0.4, -0.2) is 37.1 Å². The second-order valence-electron chi connectivity index (χ2n) is 5.90. The number of benzene rings is 1. The molecular weight excluding hydrogens is 348 g/mol. The van der Waals surface area contributed by atoms with E-state index in [0.717, 1.165) is 48.5 Å². The summed E-state index contributed by atoms with van der Waals surface area (Å²) in [6, 6.07) is 11.4. The Hall–Kier alpha value is -2.70. The average Bonchev–Trinajstić information content (AvgIpc) is 3.38. The van der Waals surface area contributed by atoms with Crippen LogP contribution in [-0.2, 0) is 4.74 Å². The third-order valence-electron chi connectivity index (χ3n) is 4.19. The highest BCUT2D eigenvalue weighted by Crippen LogP contribution is 2.24. The molecule has 6 heteroatoms. The van der Waals surface area contributed by atoms with Gasteiger partial charge in [0.2, 0.25) is 0 Å². The van der Waals surface area contributed by atoms with Crippen LogP contribution in [0.25, 0.3) is 16.8 Å². The quantitative estimate of drug-likeness (QED) is 0.502. The van der Waals surface area contributed by atoms with Crippen LogP contribution in [0.2, 0.25) is 0 Å². The average molecular weight is 366 g/mol. The van der Waals surface area contributed by atoms with E-state index in [0.29, 0.717) is 5.56 Å². The maximum absolute atomic E-state index is 12.4. The number of allylic oxidation sites excluding steroid dienone is 1. The van der Waals surface area contributed by atoms with E-state index in [9.17, 15) is 4.79 Å². The fraction of sp³-hybridized carbons (Fsp3) is 0.200. The van der Waals surface area contributed by atoms with Gasteiger partial charge in [0.15, 0.2) is 16.6 Å². The van der Waals surface area contributed by atoms with Gasteiger partial charge in [-0.1, -0.05) is 0 Å². The Bertz CT molecular complexity index is 892. The van der Waals surface area contributed by atoms with Crippen LogP contribution in [0, 0.1) is 0 Å². The van der Waals surface area contributed by atoms with Gasteiger partial charge in [-0.05, 0) is 48.6 Å². The largest absolute Gasteiger partial charge is 0.462 e. The molecule has 5 nitrogen and oxygen atoms in total. The molecule has 26 heavy (non-hydrogen) atoms. The smallest absolute Gasteiger partial charge is 0.185 e. The van der Waals surface area contributed by atoms with Gasteiger partial charge in [-0.25, -0.2) is 4.98 Å². The van der Waals surface area contributed by atoms with Gasteiger partial charge in [-0.2, -0.15) is 0 Å². The highest BCUT2D eigenvalue weighted by molar-refractivity contribution is 7.13. The normalized spacial score (nSPS) is 14.8. The van der Waals surface area contributed by atoms with Crippen molar-refractivity contribution in [2.45, 2.75) is 0 Å². The van der Waals surface area contributed by atoms with Crippen LogP contribution in [0.3, 0.4) is 0 Å². The minimum atomic E-state index is -0.0360. The molecule has 1 aliphatic rings. The number of morpholine rings is 1. The van der Waals surface area contributed by atoms with Gasteiger partial charge in [-0.15, -0.1) is 11.3 Å². The number of hydrogen-bond acceptors (Lipinski definition) is 6. The van der Waals surface area contributed by atoms with Gasteiger partial charge >= 0.3 is 0 Å². The molecule has 132 valence electrons. The number of ether oxygens (including phenoxy) is 1. The molecule has 0 saturated carbocycles. The number of anilines is 1. The number of thiazole rings is 1. The topological polar surface area (TPSA) is 55.6 Å². The zero-order valence-corrected chi connectivity index (χ0v) is 14.9. The summed E-state index contributed by atoms with van der Waals surface area (Å²) in [6.07, 6.45) is 4.92. The highest BCUT2D eigenvalue weighted by Gasteiger charge is 2.12. The lowest BCUT2D eigenvalue weighted by molar-refractivity contribution is 0.104. The fourth-order valence-corrected chi connectivity index (χ4v) is 3.55. The standard InChI is InChI=1S/C20H18N2O3S/c23-18(8-5-16-14-26-20(21-16)19-2-1-11-25-19)15-3-6-17(7-4-15)22-9-12-24-13-10-22/h1-8,11,14H,9-10,12-13H2. The van der Waals surface area contributed by atoms with Crippen LogP contribution >= 0.6 is 11.3 Å². The Labute approximate surface area is 155 Å². The number of furan rings is 1. The van der Waals surface area contributed by atoms with Crippen molar-refractivity contribution in [3.63, 3.8) is 0 Å². The zero-order valence-electron chi connectivity index (χ0n) is 14.1. The van der Waals surface area contributed by atoms with Crippen molar-refractivity contribution in [3.8, 4) is 10.8 Å². The van der Waals surface area contributed by atoms with Gasteiger partial charge in [0.25, 0.3) is 0 Å². The Morgan fingerprint density at radius 3 is 2.69 bits per heavy atom. The molecule has 1 aliphatic heterocycles. The van der Waals surface area contributed by atoms with Gasteiger partial charge < -0.3 is 14.1 Å². The van der Waals surface area contributed by atoms with E-state index in [4.69, 9.17) is 9.15 Å². The van der Waals surface area contributed by atoms with E-state index < -0.39 is 0 Å². The molecule has 0 amide bonds. The summed E-state index contributed by atoms with van der Waals surface area (Å²) in [5.41, 5.74) is 2.54. The molecule has 2 aromatic heterocycles. The predicted molar refractivity (Wildman–Crippen MR) is 103 cm³/mol. The molecule has 0 bridgehead atoms. The van der Waals surface area contributed by atoms with Crippen molar-refractivity contribution in [2.75, 3.05) is 31.2 Å². The molecular formula is C20H18N2O3S. The Balaban J connectivity index is 1.42. The molecule has 0 aliphatic carbocycles. The molecule has 0 radical (unpaired) electrons. The number of carbonyl (C=O) groups excluding carboxylic acids is 1. The second-order valence-corrected chi connectivity index (χ2v) is 6.76. The van der Waals surface area contributed by atoms with Gasteiger partial charge in [0, 0.05) is 29.7 Å². The summed E-state index contributed by atoms with van der Waals surface area (Å²) < 4.78 is 10.7. The lowest BCUT2D eigenvalue weighted by Crippen LogP contribution is -2.36. The van der Waals surface area contributed by atoms with Gasteiger partial charge in [-0.3, -0.25) is 4.79 Å². The Kier molecular flexibility index (Phi) is 4.95. The summed E-state index contributed by atoms with van der Waals surface area (Å²) in [6.45, 7) is 3.26. The molecule has 1 saturated heterocycles. The summed E-state index contributed by atoms with van der Waals surface area (Å²) in [5, 5.41) is 2.71. The Morgan fingerprint density at radius 1 is 1.15 bits per heavy atom. The van der Waals surface area contributed by atoms with Crippen LogP contribution in [0.5, 0.6) is 0 Å². The number of aromatic nitrogens is 1. The Morgan fingerprint density at radius 2 is 1.96 bits per heavy atom. The first-order valence-corrected chi connectivity index (χ1v) is 9.32. The molecule has 3 heterocycles. The number of nitrogens with zero attached hydrogens (tertiary/aromatic N) is 2. The number of carbonyl (C=O) groups is 1. The zero-order chi connectivity index (χ0) is 17.8. The third-order valence-corrected chi connectivity index (χ3v) is 5.06.